The number of carbonyl (C=O) groups excluding carboxylic acids is 1. The van der Waals surface area contributed by atoms with Crippen LogP contribution >= 0.6 is 11.6 Å². The highest BCUT2D eigenvalue weighted by atomic mass is 35.5. The average Bonchev–Trinajstić information content (AvgIpc) is 3.10. The molecule has 1 saturated heterocycles. The lowest BCUT2D eigenvalue weighted by Gasteiger charge is -2.21. The van der Waals surface area contributed by atoms with Crippen molar-refractivity contribution in [1.29, 1.82) is 0 Å². The van der Waals surface area contributed by atoms with Crippen molar-refractivity contribution < 1.29 is 9.53 Å². The van der Waals surface area contributed by atoms with Crippen molar-refractivity contribution in [2.75, 3.05) is 37.0 Å². The van der Waals surface area contributed by atoms with E-state index in [1.54, 1.807) is 12.1 Å². The maximum atomic E-state index is 11.4. The summed E-state index contributed by atoms with van der Waals surface area (Å²) in [6.45, 7) is 4.90. The summed E-state index contributed by atoms with van der Waals surface area (Å²) in [5.74, 6) is 0.688. The molecule has 6 nitrogen and oxygen atoms in total. The Labute approximate surface area is 152 Å². The number of nitrogens with zero attached hydrogens (tertiary/aromatic N) is 3. The van der Waals surface area contributed by atoms with Crippen LogP contribution in [0.1, 0.15) is 22.5 Å². The molecule has 3 rings (SSSR count). The fourth-order valence-corrected chi connectivity index (χ4v) is 3.20. The molecule has 1 N–H and O–H groups in total. The minimum atomic E-state index is -0.484. The summed E-state index contributed by atoms with van der Waals surface area (Å²) in [5, 5.41) is 11.9. The van der Waals surface area contributed by atoms with Crippen molar-refractivity contribution in [3.8, 4) is 0 Å². The molecule has 0 radical (unpaired) electrons. The zero-order chi connectivity index (χ0) is 17.8. The highest BCUT2D eigenvalue weighted by Gasteiger charge is 2.23. The molecule has 1 aromatic carbocycles. The van der Waals surface area contributed by atoms with Gasteiger partial charge in [0.25, 0.3) is 0 Å². The van der Waals surface area contributed by atoms with Gasteiger partial charge in [-0.2, -0.15) is 0 Å². The summed E-state index contributed by atoms with van der Waals surface area (Å²) in [6.07, 6.45) is 1.10. The number of anilines is 2. The van der Waals surface area contributed by atoms with Gasteiger partial charge in [0.1, 0.15) is 5.82 Å². The number of aryl methyl sites for hydroxylation is 1. The number of aromatic nitrogens is 2. The Morgan fingerprint density at radius 3 is 2.92 bits per heavy atom. The van der Waals surface area contributed by atoms with Crippen molar-refractivity contribution in [3.05, 3.63) is 46.6 Å². The smallest absolute Gasteiger partial charge is 0.358 e. The molecule has 2 aromatic rings. The highest BCUT2D eigenvalue weighted by molar-refractivity contribution is 6.30. The van der Waals surface area contributed by atoms with Crippen molar-refractivity contribution in [2.45, 2.75) is 13.3 Å². The molecule has 132 valence electrons. The predicted molar refractivity (Wildman–Crippen MR) is 98.4 cm³/mol. The lowest BCUT2D eigenvalue weighted by Crippen LogP contribution is -2.23. The van der Waals surface area contributed by atoms with Gasteiger partial charge in [0.05, 0.1) is 7.11 Å². The molecule has 0 aliphatic carbocycles. The molecule has 2 heterocycles. The number of ether oxygens (including phenoxy) is 1. The molecule has 1 aliphatic rings. The Bertz CT molecular complexity index is 751. The molecular weight excluding hydrogens is 340 g/mol. The van der Waals surface area contributed by atoms with E-state index in [2.05, 4.69) is 38.1 Å². The van der Waals surface area contributed by atoms with E-state index in [0.717, 1.165) is 31.1 Å². The van der Waals surface area contributed by atoms with Crippen molar-refractivity contribution >= 4 is 29.1 Å². The molecular formula is C18H21ClN4O2. The quantitative estimate of drug-likeness (QED) is 0.826. The fraction of sp³-hybridized carbons (Fsp3) is 0.389. The maximum Gasteiger partial charge on any atom is 0.358 e. The summed E-state index contributed by atoms with van der Waals surface area (Å²) in [4.78, 5) is 13.7. The highest BCUT2D eigenvalue weighted by Crippen LogP contribution is 2.29. The number of rotatable bonds is 5. The normalized spacial score (nSPS) is 16.8. The van der Waals surface area contributed by atoms with Crippen molar-refractivity contribution in [2.24, 2.45) is 5.92 Å². The summed E-state index contributed by atoms with van der Waals surface area (Å²) in [5.41, 5.74) is 2.65. The maximum absolute atomic E-state index is 11.4. The monoisotopic (exact) mass is 360 g/mol. The topological polar surface area (TPSA) is 67.3 Å². The van der Waals surface area contributed by atoms with Crippen LogP contribution in [0.2, 0.25) is 5.02 Å². The van der Waals surface area contributed by atoms with Crippen LogP contribution in [0.5, 0.6) is 0 Å². The first kappa shape index (κ1) is 17.5. The van der Waals surface area contributed by atoms with E-state index in [1.807, 2.05) is 12.1 Å². The second kappa shape index (κ2) is 7.70. The number of benzene rings is 1. The molecule has 25 heavy (non-hydrogen) atoms. The zero-order valence-corrected chi connectivity index (χ0v) is 15.1. The van der Waals surface area contributed by atoms with E-state index < -0.39 is 5.97 Å². The summed E-state index contributed by atoms with van der Waals surface area (Å²) in [7, 11) is 1.32. The minimum absolute atomic E-state index is 0.205. The van der Waals surface area contributed by atoms with Gasteiger partial charge in [0.15, 0.2) is 5.69 Å². The van der Waals surface area contributed by atoms with Gasteiger partial charge in [-0.05, 0) is 49.1 Å². The molecule has 0 spiro atoms. The Morgan fingerprint density at radius 1 is 1.36 bits per heavy atom. The van der Waals surface area contributed by atoms with Gasteiger partial charge in [-0.15, -0.1) is 10.2 Å². The van der Waals surface area contributed by atoms with Crippen LogP contribution in [0.3, 0.4) is 0 Å². The van der Waals surface area contributed by atoms with Crippen molar-refractivity contribution in [1.82, 2.24) is 10.2 Å². The Kier molecular flexibility index (Phi) is 5.38. The van der Waals surface area contributed by atoms with Crippen LogP contribution in [-0.2, 0) is 4.74 Å². The lowest BCUT2D eigenvalue weighted by atomic mass is 10.1. The molecule has 7 heteroatoms. The van der Waals surface area contributed by atoms with E-state index in [0.29, 0.717) is 11.7 Å². The average molecular weight is 361 g/mol. The molecule has 0 saturated carbocycles. The van der Waals surface area contributed by atoms with Crippen LogP contribution in [0.4, 0.5) is 11.5 Å². The Balaban J connectivity index is 1.55. The van der Waals surface area contributed by atoms with Gasteiger partial charge in [-0.3, -0.25) is 0 Å². The van der Waals surface area contributed by atoms with E-state index in [1.165, 1.54) is 18.4 Å². The first-order chi connectivity index (χ1) is 12.1. The van der Waals surface area contributed by atoms with Gasteiger partial charge in [0.2, 0.25) is 0 Å². The van der Waals surface area contributed by atoms with Gasteiger partial charge in [0, 0.05) is 30.3 Å². The number of nitrogens with one attached hydrogen (secondary N) is 1. The van der Waals surface area contributed by atoms with Gasteiger partial charge in [-0.1, -0.05) is 17.7 Å². The molecule has 1 fully saturated rings. The number of methoxy groups -OCH3 is 1. The summed E-state index contributed by atoms with van der Waals surface area (Å²) < 4.78 is 4.61. The SMILES string of the molecule is COC(=O)c1ccc(NCC2CCN(c3cc(Cl)ccc3C)C2)nn1. The first-order valence-corrected chi connectivity index (χ1v) is 8.61. The zero-order valence-electron chi connectivity index (χ0n) is 14.3. The third-order valence-electron chi connectivity index (χ3n) is 4.43. The van der Waals surface area contributed by atoms with Gasteiger partial charge < -0.3 is 15.0 Å². The van der Waals surface area contributed by atoms with E-state index >= 15 is 0 Å². The van der Waals surface area contributed by atoms with Crippen LogP contribution in [0, 0.1) is 12.8 Å². The second-order valence-electron chi connectivity index (χ2n) is 6.21. The first-order valence-electron chi connectivity index (χ1n) is 8.24. The number of halogens is 1. The third kappa shape index (κ3) is 4.20. The molecule has 1 atom stereocenters. The summed E-state index contributed by atoms with van der Waals surface area (Å²) >= 11 is 6.13. The molecule has 1 unspecified atom stereocenters. The van der Waals surface area contributed by atoms with Gasteiger partial charge in [-0.25, -0.2) is 4.79 Å². The largest absolute Gasteiger partial charge is 0.464 e. The lowest BCUT2D eigenvalue weighted by molar-refractivity contribution is 0.0593. The number of hydrogen-bond acceptors (Lipinski definition) is 6. The molecule has 1 aromatic heterocycles. The molecule has 0 amide bonds. The predicted octanol–water partition coefficient (Wildman–Crippen LogP) is 3.16. The molecule has 0 bridgehead atoms. The van der Waals surface area contributed by atoms with Crippen LogP contribution < -0.4 is 10.2 Å². The van der Waals surface area contributed by atoms with E-state index in [9.17, 15) is 4.79 Å². The Hall–Kier alpha value is -2.34. The second-order valence-corrected chi connectivity index (χ2v) is 6.64. The number of carbonyl (C=O) groups is 1. The Morgan fingerprint density at radius 2 is 2.20 bits per heavy atom. The van der Waals surface area contributed by atoms with E-state index in [-0.39, 0.29) is 5.69 Å². The molecule has 1 aliphatic heterocycles. The van der Waals surface area contributed by atoms with E-state index in [4.69, 9.17) is 11.6 Å². The fourth-order valence-electron chi connectivity index (χ4n) is 3.03. The van der Waals surface area contributed by atoms with Crippen LogP contribution in [-0.4, -0.2) is 42.9 Å². The van der Waals surface area contributed by atoms with Crippen molar-refractivity contribution in [3.63, 3.8) is 0 Å². The van der Waals surface area contributed by atoms with Crippen LogP contribution in [0.25, 0.3) is 0 Å². The number of esters is 1. The third-order valence-corrected chi connectivity index (χ3v) is 4.66. The van der Waals surface area contributed by atoms with Gasteiger partial charge >= 0.3 is 5.97 Å². The van der Waals surface area contributed by atoms with Crippen LogP contribution in [0.15, 0.2) is 30.3 Å². The number of hydrogen-bond donors (Lipinski definition) is 1. The standard InChI is InChI=1S/C18H21ClN4O2/c1-12-3-4-14(19)9-16(12)23-8-7-13(11-23)10-20-17-6-5-15(21-22-17)18(24)25-2/h3-6,9,13H,7-8,10-11H2,1-2H3,(H,20,22). The summed E-state index contributed by atoms with van der Waals surface area (Å²) in [6, 6.07) is 9.36. The minimum Gasteiger partial charge on any atom is -0.464 e.